The van der Waals surface area contributed by atoms with Gasteiger partial charge in [0.1, 0.15) is 0 Å². The molecule has 0 saturated heterocycles. The van der Waals surface area contributed by atoms with Crippen molar-refractivity contribution in [3.8, 4) is 0 Å². The number of fused-ring (bicyclic) bond motifs is 1. The minimum atomic E-state index is 0.0297. The number of benzene rings is 1. The lowest BCUT2D eigenvalue weighted by molar-refractivity contribution is -0.118. The molecular formula is C15H19NO. The van der Waals surface area contributed by atoms with Crippen LogP contribution in [-0.4, -0.2) is 12.5 Å². The van der Waals surface area contributed by atoms with Crippen molar-refractivity contribution in [3.05, 3.63) is 41.0 Å². The molecule has 0 saturated carbocycles. The van der Waals surface area contributed by atoms with Gasteiger partial charge in [-0.1, -0.05) is 29.8 Å². The van der Waals surface area contributed by atoms with Crippen molar-refractivity contribution in [2.75, 3.05) is 6.54 Å². The molecule has 17 heavy (non-hydrogen) atoms. The van der Waals surface area contributed by atoms with Gasteiger partial charge in [-0.05, 0) is 42.9 Å². The van der Waals surface area contributed by atoms with Crippen LogP contribution in [0.1, 0.15) is 36.5 Å². The van der Waals surface area contributed by atoms with E-state index in [4.69, 9.17) is 0 Å². The van der Waals surface area contributed by atoms with Crippen LogP contribution in [0.25, 0.3) is 5.57 Å². The van der Waals surface area contributed by atoms with Gasteiger partial charge in [0.2, 0.25) is 5.91 Å². The number of amides is 1. The maximum absolute atomic E-state index is 10.8. The number of carbonyl (C=O) groups excluding carboxylic acids is 1. The maximum atomic E-state index is 10.8. The van der Waals surface area contributed by atoms with Crippen molar-refractivity contribution in [2.24, 2.45) is 0 Å². The average Bonchev–Trinajstić information content (AvgIpc) is 2.29. The predicted molar refractivity (Wildman–Crippen MR) is 70.8 cm³/mol. The molecule has 0 bridgehead atoms. The number of carbonyl (C=O) groups is 1. The summed E-state index contributed by atoms with van der Waals surface area (Å²) in [6.45, 7) is 4.32. The predicted octanol–water partition coefficient (Wildman–Crippen LogP) is 2.85. The number of aryl methyl sites for hydroxylation is 2. The van der Waals surface area contributed by atoms with E-state index in [2.05, 4.69) is 36.5 Å². The summed E-state index contributed by atoms with van der Waals surface area (Å²) in [5.41, 5.74) is 5.50. The third-order valence-electron chi connectivity index (χ3n) is 3.20. The SMILES string of the molecule is CC(=O)NC/C=C1\CCCc2ccc(C)cc21. The number of nitrogens with one attached hydrogen (secondary N) is 1. The molecule has 0 heterocycles. The number of allylic oxidation sites excluding steroid dienone is 1. The van der Waals surface area contributed by atoms with Crippen molar-refractivity contribution in [1.82, 2.24) is 5.32 Å². The van der Waals surface area contributed by atoms with Crippen molar-refractivity contribution >= 4 is 11.5 Å². The third-order valence-corrected chi connectivity index (χ3v) is 3.20. The molecule has 0 radical (unpaired) electrons. The first kappa shape index (κ1) is 11.9. The minimum Gasteiger partial charge on any atom is -0.353 e. The lowest BCUT2D eigenvalue weighted by atomic mass is 9.86. The van der Waals surface area contributed by atoms with Crippen LogP contribution in [0.5, 0.6) is 0 Å². The molecular weight excluding hydrogens is 210 g/mol. The average molecular weight is 229 g/mol. The molecule has 1 aromatic carbocycles. The summed E-state index contributed by atoms with van der Waals surface area (Å²) in [4.78, 5) is 10.8. The Hall–Kier alpha value is -1.57. The Balaban J connectivity index is 2.21. The van der Waals surface area contributed by atoms with Crippen LogP contribution >= 0.6 is 0 Å². The van der Waals surface area contributed by atoms with Crippen molar-refractivity contribution in [3.63, 3.8) is 0 Å². The Bertz CT molecular complexity index is 460. The highest BCUT2D eigenvalue weighted by Crippen LogP contribution is 2.31. The molecule has 0 atom stereocenters. The van der Waals surface area contributed by atoms with E-state index in [0.29, 0.717) is 6.54 Å². The highest BCUT2D eigenvalue weighted by Gasteiger charge is 2.13. The standard InChI is InChI=1S/C15H19NO/c1-11-6-7-13-4-3-5-14(15(13)10-11)8-9-16-12(2)17/h6-8,10H,3-5,9H2,1-2H3,(H,16,17)/b14-8+. The molecule has 1 amide bonds. The lowest BCUT2D eigenvalue weighted by Gasteiger charge is -2.19. The summed E-state index contributed by atoms with van der Waals surface area (Å²) in [6, 6.07) is 6.67. The van der Waals surface area contributed by atoms with Gasteiger partial charge in [-0.3, -0.25) is 4.79 Å². The van der Waals surface area contributed by atoms with E-state index in [1.54, 1.807) is 6.92 Å². The Labute approximate surface area is 103 Å². The molecule has 0 unspecified atom stereocenters. The topological polar surface area (TPSA) is 29.1 Å². The number of rotatable bonds is 2. The van der Waals surface area contributed by atoms with Crippen LogP contribution in [0.4, 0.5) is 0 Å². The van der Waals surface area contributed by atoms with Gasteiger partial charge >= 0.3 is 0 Å². The zero-order valence-corrected chi connectivity index (χ0v) is 10.5. The fraction of sp³-hybridized carbons (Fsp3) is 0.400. The molecule has 2 rings (SSSR count). The van der Waals surface area contributed by atoms with Gasteiger partial charge in [0.15, 0.2) is 0 Å². The van der Waals surface area contributed by atoms with Gasteiger partial charge in [0, 0.05) is 13.5 Å². The van der Waals surface area contributed by atoms with Gasteiger partial charge in [-0.2, -0.15) is 0 Å². The zero-order valence-electron chi connectivity index (χ0n) is 10.5. The van der Waals surface area contributed by atoms with Crippen molar-refractivity contribution in [1.29, 1.82) is 0 Å². The van der Waals surface area contributed by atoms with E-state index in [-0.39, 0.29) is 5.91 Å². The summed E-state index contributed by atoms with van der Waals surface area (Å²) in [5, 5.41) is 2.82. The zero-order chi connectivity index (χ0) is 12.3. The second kappa shape index (κ2) is 5.17. The molecule has 90 valence electrons. The highest BCUT2D eigenvalue weighted by atomic mass is 16.1. The normalized spacial score (nSPS) is 16.7. The summed E-state index contributed by atoms with van der Waals surface area (Å²) < 4.78 is 0. The molecule has 0 spiro atoms. The van der Waals surface area contributed by atoms with Gasteiger partial charge in [-0.25, -0.2) is 0 Å². The number of hydrogen-bond donors (Lipinski definition) is 1. The molecule has 1 aliphatic rings. The molecule has 0 fully saturated rings. The molecule has 0 aromatic heterocycles. The van der Waals surface area contributed by atoms with Crippen LogP contribution in [0.2, 0.25) is 0 Å². The summed E-state index contributed by atoms with van der Waals surface area (Å²) in [6.07, 6.45) is 5.66. The molecule has 1 N–H and O–H groups in total. The van der Waals surface area contributed by atoms with Crippen LogP contribution in [0, 0.1) is 6.92 Å². The molecule has 1 aliphatic carbocycles. The summed E-state index contributed by atoms with van der Waals surface area (Å²) >= 11 is 0. The van der Waals surface area contributed by atoms with Gasteiger partial charge in [0.25, 0.3) is 0 Å². The van der Waals surface area contributed by atoms with Gasteiger partial charge in [-0.15, -0.1) is 0 Å². The van der Waals surface area contributed by atoms with E-state index in [1.807, 2.05) is 0 Å². The Morgan fingerprint density at radius 2 is 2.24 bits per heavy atom. The van der Waals surface area contributed by atoms with Crippen LogP contribution in [0.3, 0.4) is 0 Å². The second-order valence-electron chi connectivity index (χ2n) is 4.68. The van der Waals surface area contributed by atoms with E-state index in [1.165, 1.54) is 35.1 Å². The maximum Gasteiger partial charge on any atom is 0.217 e. The molecule has 1 aromatic rings. The fourth-order valence-corrected chi connectivity index (χ4v) is 2.34. The first-order valence-corrected chi connectivity index (χ1v) is 6.20. The van der Waals surface area contributed by atoms with Crippen molar-refractivity contribution in [2.45, 2.75) is 33.1 Å². The smallest absolute Gasteiger partial charge is 0.217 e. The van der Waals surface area contributed by atoms with E-state index in [0.717, 1.165) is 6.42 Å². The van der Waals surface area contributed by atoms with Crippen molar-refractivity contribution < 1.29 is 4.79 Å². The number of hydrogen-bond acceptors (Lipinski definition) is 1. The Morgan fingerprint density at radius 1 is 1.41 bits per heavy atom. The Kier molecular flexibility index (Phi) is 3.62. The summed E-state index contributed by atoms with van der Waals surface area (Å²) in [7, 11) is 0. The second-order valence-corrected chi connectivity index (χ2v) is 4.68. The summed E-state index contributed by atoms with van der Waals surface area (Å²) in [5.74, 6) is 0.0297. The first-order valence-electron chi connectivity index (χ1n) is 6.20. The largest absolute Gasteiger partial charge is 0.353 e. The van der Waals surface area contributed by atoms with Crippen LogP contribution in [0.15, 0.2) is 24.3 Å². The molecule has 2 heteroatoms. The third kappa shape index (κ3) is 2.96. The quantitative estimate of drug-likeness (QED) is 0.830. The van der Waals surface area contributed by atoms with Crippen LogP contribution in [-0.2, 0) is 11.2 Å². The van der Waals surface area contributed by atoms with E-state index in [9.17, 15) is 4.79 Å². The lowest BCUT2D eigenvalue weighted by Crippen LogP contribution is -2.19. The van der Waals surface area contributed by atoms with E-state index >= 15 is 0 Å². The molecule has 2 nitrogen and oxygen atoms in total. The van der Waals surface area contributed by atoms with Crippen LogP contribution < -0.4 is 5.32 Å². The Morgan fingerprint density at radius 3 is 3.00 bits per heavy atom. The highest BCUT2D eigenvalue weighted by molar-refractivity contribution is 5.74. The fourth-order valence-electron chi connectivity index (χ4n) is 2.34. The molecule has 0 aliphatic heterocycles. The minimum absolute atomic E-state index is 0.0297. The monoisotopic (exact) mass is 229 g/mol. The van der Waals surface area contributed by atoms with Gasteiger partial charge in [0.05, 0.1) is 0 Å². The first-order chi connectivity index (χ1) is 8.16. The van der Waals surface area contributed by atoms with E-state index < -0.39 is 0 Å². The van der Waals surface area contributed by atoms with Gasteiger partial charge < -0.3 is 5.32 Å².